The Labute approximate surface area is 114 Å². The van der Waals surface area contributed by atoms with Crippen LogP contribution in [0.15, 0.2) is 12.4 Å². The Morgan fingerprint density at radius 2 is 1.95 bits per heavy atom. The first-order chi connectivity index (χ1) is 8.89. The average molecular weight is 261 g/mol. The molecule has 0 amide bonds. The summed E-state index contributed by atoms with van der Waals surface area (Å²) in [6.07, 6.45) is 8.17. The Balaban J connectivity index is 2.03. The second kappa shape index (κ2) is 5.15. The van der Waals surface area contributed by atoms with Crippen LogP contribution in [-0.4, -0.2) is 28.9 Å². The average Bonchev–Trinajstić information content (AvgIpc) is 2.38. The molecule has 5 heteroatoms. The van der Waals surface area contributed by atoms with Crippen LogP contribution in [0.2, 0.25) is 0 Å². The topological polar surface area (TPSA) is 78.9 Å². The normalized spacial score (nSPS) is 19.1. The standard InChI is InChI=1S/C14H23N5/c1-14(2)6-4-10(5-7-14)19(3)12-9-17-11(8-18-12)13(15)16/h8-10H,4-7H2,1-3H3,(H3,15,16). The number of nitrogens with zero attached hydrogens (tertiary/aromatic N) is 3. The van der Waals surface area contributed by atoms with Crippen molar-refractivity contribution >= 4 is 11.7 Å². The van der Waals surface area contributed by atoms with Gasteiger partial charge in [0.25, 0.3) is 0 Å². The third kappa shape index (κ3) is 3.22. The van der Waals surface area contributed by atoms with Crippen molar-refractivity contribution in [2.45, 2.75) is 45.6 Å². The second-order valence-electron chi connectivity index (χ2n) is 6.18. The van der Waals surface area contributed by atoms with E-state index in [1.807, 2.05) is 0 Å². The van der Waals surface area contributed by atoms with E-state index in [4.69, 9.17) is 11.1 Å². The summed E-state index contributed by atoms with van der Waals surface area (Å²) in [7, 11) is 2.07. The van der Waals surface area contributed by atoms with Crippen LogP contribution in [0.4, 0.5) is 5.82 Å². The summed E-state index contributed by atoms with van der Waals surface area (Å²) in [5.74, 6) is 0.816. The number of nitrogen functional groups attached to an aromatic ring is 1. The Hall–Kier alpha value is -1.65. The van der Waals surface area contributed by atoms with E-state index in [0.717, 1.165) is 5.82 Å². The van der Waals surface area contributed by atoms with E-state index in [-0.39, 0.29) is 5.84 Å². The first kappa shape index (κ1) is 13.8. The molecule has 0 unspecified atom stereocenters. The monoisotopic (exact) mass is 261 g/mol. The molecule has 0 bridgehead atoms. The van der Waals surface area contributed by atoms with Gasteiger partial charge in [0.1, 0.15) is 17.3 Å². The highest BCUT2D eigenvalue weighted by Gasteiger charge is 2.29. The second-order valence-corrected chi connectivity index (χ2v) is 6.18. The Morgan fingerprint density at radius 1 is 1.32 bits per heavy atom. The number of hydrogen-bond donors (Lipinski definition) is 2. The molecule has 1 fully saturated rings. The molecule has 1 aliphatic carbocycles. The zero-order chi connectivity index (χ0) is 14.0. The molecule has 0 radical (unpaired) electrons. The molecule has 104 valence electrons. The third-order valence-corrected chi connectivity index (χ3v) is 4.13. The summed E-state index contributed by atoms with van der Waals surface area (Å²) in [6.45, 7) is 4.68. The molecule has 0 aromatic carbocycles. The van der Waals surface area contributed by atoms with Gasteiger partial charge in [-0.15, -0.1) is 0 Å². The van der Waals surface area contributed by atoms with Gasteiger partial charge in [0.05, 0.1) is 12.4 Å². The third-order valence-electron chi connectivity index (χ3n) is 4.13. The molecular weight excluding hydrogens is 238 g/mol. The maximum Gasteiger partial charge on any atom is 0.147 e. The molecule has 0 aliphatic heterocycles. The zero-order valence-electron chi connectivity index (χ0n) is 12.0. The number of aromatic nitrogens is 2. The minimum Gasteiger partial charge on any atom is -0.382 e. The summed E-state index contributed by atoms with van der Waals surface area (Å²) in [4.78, 5) is 10.7. The lowest BCUT2D eigenvalue weighted by atomic mass is 9.75. The SMILES string of the molecule is CN(c1cnc(C(=N)N)cn1)C1CCC(C)(C)CC1. The summed E-state index contributed by atoms with van der Waals surface area (Å²) in [6, 6.07) is 0.533. The van der Waals surface area contributed by atoms with Gasteiger partial charge in [-0.25, -0.2) is 9.97 Å². The van der Waals surface area contributed by atoms with Crippen LogP contribution in [0.1, 0.15) is 45.2 Å². The number of hydrogen-bond acceptors (Lipinski definition) is 4. The maximum atomic E-state index is 7.31. The molecule has 0 saturated heterocycles. The number of rotatable bonds is 3. The molecule has 1 saturated carbocycles. The number of amidine groups is 1. The van der Waals surface area contributed by atoms with Crippen LogP contribution in [0.3, 0.4) is 0 Å². The van der Waals surface area contributed by atoms with Gasteiger partial charge in [-0.1, -0.05) is 13.8 Å². The van der Waals surface area contributed by atoms with Crippen LogP contribution in [0.25, 0.3) is 0 Å². The molecule has 3 N–H and O–H groups in total. The maximum absolute atomic E-state index is 7.31. The number of nitrogens with one attached hydrogen (secondary N) is 1. The molecule has 19 heavy (non-hydrogen) atoms. The first-order valence-corrected chi connectivity index (χ1v) is 6.78. The van der Waals surface area contributed by atoms with Crippen LogP contribution >= 0.6 is 0 Å². The summed E-state index contributed by atoms with van der Waals surface area (Å²) < 4.78 is 0. The molecule has 1 aliphatic rings. The quantitative estimate of drug-likeness (QED) is 0.645. The van der Waals surface area contributed by atoms with Gasteiger partial charge >= 0.3 is 0 Å². The van der Waals surface area contributed by atoms with E-state index in [9.17, 15) is 0 Å². The van der Waals surface area contributed by atoms with Crippen molar-refractivity contribution in [3.05, 3.63) is 18.1 Å². The van der Waals surface area contributed by atoms with Crippen LogP contribution < -0.4 is 10.6 Å². The van der Waals surface area contributed by atoms with E-state index in [1.54, 1.807) is 12.4 Å². The van der Waals surface area contributed by atoms with Crippen molar-refractivity contribution in [2.75, 3.05) is 11.9 Å². The fourth-order valence-corrected chi connectivity index (χ4v) is 2.60. The van der Waals surface area contributed by atoms with Crippen molar-refractivity contribution in [1.29, 1.82) is 5.41 Å². The van der Waals surface area contributed by atoms with E-state index in [0.29, 0.717) is 17.2 Å². The van der Waals surface area contributed by atoms with Gasteiger partial charge in [0.15, 0.2) is 0 Å². The number of nitrogens with two attached hydrogens (primary N) is 1. The molecule has 1 aromatic rings. The summed E-state index contributed by atoms with van der Waals surface area (Å²) >= 11 is 0. The largest absolute Gasteiger partial charge is 0.382 e. The predicted molar refractivity (Wildman–Crippen MR) is 77.5 cm³/mol. The molecular formula is C14H23N5. The molecule has 0 atom stereocenters. The minimum absolute atomic E-state index is 0.0406. The highest BCUT2D eigenvalue weighted by Crippen LogP contribution is 2.37. The molecule has 2 rings (SSSR count). The highest BCUT2D eigenvalue weighted by atomic mass is 15.2. The van der Waals surface area contributed by atoms with Crippen molar-refractivity contribution in [3.63, 3.8) is 0 Å². The molecule has 1 aromatic heterocycles. The van der Waals surface area contributed by atoms with E-state index in [1.165, 1.54) is 25.7 Å². The molecule has 1 heterocycles. The first-order valence-electron chi connectivity index (χ1n) is 6.78. The van der Waals surface area contributed by atoms with E-state index in [2.05, 4.69) is 35.8 Å². The van der Waals surface area contributed by atoms with Crippen LogP contribution in [0, 0.1) is 10.8 Å². The molecule has 5 nitrogen and oxygen atoms in total. The van der Waals surface area contributed by atoms with Crippen molar-refractivity contribution in [2.24, 2.45) is 11.1 Å². The van der Waals surface area contributed by atoms with Crippen molar-refractivity contribution < 1.29 is 0 Å². The Bertz CT molecular complexity index is 441. The van der Waals surface area contributed by atoms with Gasteiger partial charge in [0, 0.05) is 13.1 Å². The van der Waals surface area contributed by atoms with Gasteiger partial charge < -0.3 is 10.6 Å². The van der Waals surface area contributed by atoms with Crippen LogP contribution in [0.5, 0.6) is 0 Å². The van der Waals surface area contributed by atoms with Crippen molar-refractivity contribution in [3.8, 4) is 0 Å². The molecule has 0 spiro atoms. The van der Waals surface area contributed by atoms with Gasteiger partial charge in [-0.05, 0) is 31.1 Å². The fraction of sp³-hybridized carbons (Fsp3) is 0.643. The minimum atomic E-state index is -0.0406. The Kier molecular flexibility index (Phi) is 3.73. The van der Waals surface area contributed by atoms with Gasteiger partial charge in [0.2, 0.25) is 0 Å². The zero-order valence-corrected chi connectivity index (χ0v) is 12.0. The number of anilines is 1. The highest BCUT2D eigenvalue weighted by molar-refractivity contribution is 5.92. The van der Waals surface area contributed by atoms with E-state index < -0.39 is 0 Å². The van der Waals surface area contributed by atoms with Gasteiger partial charge in [-0.2, -0.15) is 0 Å². The van der Waals surface area contributed by atoms with E-state index >= 15 is 0 Å². The lowest BCUT2D eigenvalue weighted by Crippen LogP contribution is -2.37. The van der Waals surface area contributed by atoms with Gasteiger partial charge in [-0.3, -0.25) is 5.41 Å². The summed E-state index contributed by atoms with van der Waals surface area (Å²) in [5, 5.41) is 7.31. The lowest BCUT2D eigenvalue weighted by molar-refractivity contribution is 0.222. The van der Waals surface area contributed by atoms with Crippen molar-refractivity contribution in [1.82, 2.24) is 9.97 Å². The lowest BCUT2D eigenvalue weighted by Gasteiger charge is -2.39. The Morgan fingerprint density at radius 3 is 2.42 bits per heavy atom. The summed E-state index contributed by atoms with van der Waals surface area (Å²) in [5.41, 5.74) is 6.29. The van der Waals surface area contributed by atoms with Crippen LogP contribution in [-0.2, 0) is 0 Å². The smallest absolute Gasteiger partial charge is 0.147 e. The fourth-order valence-electron chi connectivity index (χ4n) is 2.60. The predicted octanol–water partition coefficient (Wildman–Crippen LogP) is 2.17.